The molecule has 1 aromatic heterocycles. The highest BCUT2D eigenvalue weighted by atomic mass is 14.7. The van der Waals surface area contributed by atoms with E-state index in [0.717, 1.165) is 6.54 Å². The standard InChI is InChI=1S/C13H10N2/c1-2-12-8-14-5-3-11(12)7-10(1)13-4-6-15-9-13/h1-5,7-9H,6H2. The van der Waals surface area contributed by atoms with Gasteiger partial charge in [-0.05, 0) is 28.7 Å². The number of hydrogen-bond donors (Lipinski definition) is 0. The average Bonchev–Trinajstić information content (AvgIpc) is 2.82. The van der Waals surface area contributed by atoms with Gasteiger partial charge < -0.3 is 0 Å². The summed E-state index contributed by atoms with van der Waals surface area (Å²) in [6.07, 6.45) is 7.78. The van der Waals surface area contributed by atoms with Gasteiger partial charge in [0.15, 0.2) is 0 Å². The molecule has 0 bridgehead atoms. The number of aromatic nitrogens is 1. The van der Waals surface area contributed by atoms with Gasteiger partial charge in [-0.2, -0.15) is 0 Å². The van der Waals surface area contributed by atoms with Crippen molar-refractivity contribution < 1.29 is 0 Å². The van der Waals surface area contributed by atoms with Crippen LogP contribution in [0.4, 0.5) is 0 Å². The molecule has 15 heavy (non-hydrogen) atoms. The average molecular weight is 194 g/mol. The van der Waals surface area contributed by atoms with Crippen LogP contribution in [0.2, 0.25) is 0 Å². The molecular formula is C13H10N2. The summed E-state index contributed by atoms with van der Waals surface area (Å²) in [5.41, 5.74) is 2.45. The fraction of sp³-hybridized carbons (Fsp3) is 0.0769. The molecule has 0 amide bonds. The molecule has 0 saturated heterocycles. The molecule has 1 aromatic carbocycles. The number of allylic oxidation sites excluding steroid dienone is 1. The van der Waals surface area contributed by atoms with E-state index in [2.05, 4.69) is 34.3 Å². The van der Waals surface area contributed by atoms with E-state index in [4.69, 9.17) is 0 Å². The molecular weight excluding hydrogens is 184 g/mol. The predicted molar refractivity (Wildman–Crippen MR) is 63.1 cm³/mol. The van der Waals surface area contributed by atoms with Crippen molar-refractivity contribution in [1.82, 2.24) is 4.98 Å². The highest BCUT2D eigenvalue weighted by Crippen LogP contribution is 2.21. The first-order chi connectivity index (χ1) is 7.43. The number of nitrogens with zero attached hydrogens (tertiary/aromatic N) is 2. The molecule has 0 unspecified atom stereocenters. The lowest BCUT2D eigenvalue weighted by Crippen LogP contribution is -1.83. The molecule has 1 aliphatic rings. The molecule has 2 aromatic rings. The second-order valence-electron chi connectivity index (χ2n) is 3.59. The Bertz CT molecular complexity index is 568. The van der Waals surface area contributed by atoms with Gasteiger partial charge in [-0.1, -0.05) is 18.2 Å². The molecule has 0 N–H and O–H groups in total. The molecule has 0 aliphatic carbocycles. The normalized spacial score (nSPS) is 14.5. The van der Waals surface area contributed by atoms with Gasteiger partial charge in [0.25, 0.3) is 0 Å². The predicted octanol–water partition coefficient (Wildman–Crippen LogP) is 2.70. The van der Waals surface area contributed by atoms with Crippen LogP contribution < -0.4 is 0 Å². The summed E-state index contributed by atoms with van der Waals surface area (Å²) in [6.45, 7) is 0.809. The second-order valence-corrected chi connectivity index (χ2v) is 3.59. The molecule has 72 valence electrons. The minimum absolute atomic E-state index is 0.809. The van der Waals surface area contributed by atoms with Crippen molar-refractivity contribution in [3.8, 4) is 0 Å². The van der Waals surface area contributed by atoms with Gasteiger partial charge in [0.2, 0.25) is 0 Å². The molecule has 0 atom stereocenters. The van der Waals surface area contributed by atoms with E-state index in [-0.39, 0.29) is 0 Å². The topological polar surface area (TPSA) is 25.2 Å². The van der Waals surface area contributed by atoms with Crippen LogP contribution in [0.1, 0.15) is 5.56 Å². The summed E-state index contributed by atoms with van der Waals surface area (Å²) >= 11 is 0. The minimum atomic E-state index is 0.809. The van der Waals surface area contributed by atoms with Crippen LogP contribution in [0.3, 0.4) is 0 Å². The highest BCUT2D eigenvalue weighted by molar-refractivity contribution is 6.12. The van der Waals surface area contributed by atoms with Crippen molar-refractivity contribution in [3.05, 3.63) is 48.3 Å². The molecule has 2 heteroatoms. The molecule has 0 radical (unpaired) electrons. The molecule has 0 saturated carbocycles. The van der Waals surface area contributed by atoms with Crippen LogP contribution in [-0.4, -0.2) is 17.7 Å². The van der Waals surface area contributed by atoms with Gasteiger partial charge in [0.05, 0.1) is 6.54 Å². The zero-order chi connectivity index (χ0) is 10.1. The molecule has 2 nitrogen and oxygen atoms in total. The maximum atomic E-state index is 4.19. The zero-order valence-corrected chi connectivity index (χ0v) is 8.22. The fourth-order valence-corrected chi connectivity index (χ4v) is 1.81. The van der Waals surface area contributed by atoms with Crippen molar-refractivity contribution >= 4 is 22.6 Å². The van der Waals surface area contributed by atoms with Crippen molar-refractivity contribution in [2.45, 2.75) is 0 Å². The summed E-state index contributed by atoms with van der Waals surface area (Å²) in [7, 11) is 0. The number of hydrogen-bond acceptors (Lipinski definition) is 2. The zero-order valence-electron chi connectivity index (χ0n) is 8.22. The molecule has 3 rings (SSSR count). The van der Waals surface area contributed by atoms with E-state index < -0.39 is 0 Å². The Morgan fingerprint density at radius 2 is 2.07 bits per heavy atom. The number of benzene rings is 1. The Morgan fingerprint density at radius 1 is 1.07 bits per heavy atom. The summed E-state index contributed by atoms with van der Waals surface area (Å²) in [4.78, 5) is 8.29. The van der Waals surface area contributed by atoms with Crippen molar-refractivity contribution in [2.24, 2.45) is 4.99 Å². The first-order valence-corrected chi connectivity index (χ1v) is 4.98. The first kappa shape index (κ1) is 8.36. The Hall–Kier alpha value is -1.96. The van der Waals surface area contributed by atoms with Crippen LogP contribution in [0, 0.1) is 0 Å². The Labute approximate surface area is 88.0 Å². The van der Waals surface area contributed by atoms with Crippen LogP contribution in [0.15, 0.2) is 47.7 Å². The summed E-state index contributed by atoms with van der Waals surface area (Å²) in [5.74, 6) is 0. The molecule has 0 fully saturated rings. The van der Waals surface area contributed by atoms with Crippen LogP contribution in [-0.2, 0) is 0 Å². The van der Waals surface area contributed by atoms with Crippen LogP contribution in [0.5, 0.6) is 0 Å². The van der Waals surface area contributed by atoms with E-state index in [1.54, 1.807) is 0 Å². The van der Waals surface area contributed by atoms with Gasteiger partial charge in [0, 0.05) is 24.0 Å². The van der Waals surface area contributed by atoms with Crippen LogP contribution >= 0.6 is 0 Å². The minimum Gasteiger partial charge on any atom is -0.288 e. The first-order valence-electron chi connectivity index (χ1n) is 4.98. The molecule has 2 heterocycles. The lowest BCUT2D eigenvalue weighted by molar-refractivity contribution is 1.29. The third kappa shape index (κ3) is 1.44. The maximum absolute atomic E-state index is 4.19. The van der Waals surface area contributed by atoms with Crippen molar-refractivity contribution in [2.75, 3.05) is 6.54 Å². The van der Waals surface area contributed by atoms with E-state index in [1.165, 1.54) is 21.9 Å². The van der Waals surface area contributed by atoms with Crippen molar-refractivity contribution in [3.63, 3.8) is 0 Å². The van der Waals surface area contributed by atoms with Gasteiger partial charge in [-0.25, -0.2) is 0 Å². The second kappa shape index (κ2) is 3.31. The largest absolute Gasteiger partial charge is 0.288 e. The van der Waals surface area contributed by atoms with Crippen LogP contribution in [0.25, 0.3) is 16.3 Å². The summed E-state index contributed by atoms with van der Waals surface area (Å²) < 4.78 is 0. The third-order valence-corrected chi connectivity index (χ3v) is 2.62. The smallest absolute Gasteiger partial charge is 0.0580 e. The van der Waals surface area contributed by atoms with Gasteiger partial charge in [-0.3, -0.25) is 9.98 Å². The number of pyridine rings is 1. The Morgan fingerprint density at radius 3 is 2.93 bits per heavy atom. The SMILES string of the molecule is C1=NCC=C1c1ccc2cnccc2c1. The molecule has 1 aliphatic heterocycles. The Kier molecular flexibility index (Phi) is 1.85. The summed E-state index contributed by atoms with van der Waals surface area (Å²) in [6, 6.07) is 8.43. The van der Waals surface area contributed by atoms with E-state index in [0.29, 0.717) is 0 Å². The third-order valence-electron chi connectivity index (χ3n) is 2.62. The monoisotopic (exact) mass is 194 g/mol. The lowest BCUT2D eigenvalue weighted by atomic mass is 10.0. The highest BCUT2D eigenvalue weighted by Gasteiger charge is 2.03. The quantitative estimate of drug-likeness (QED) is 0.685. The number of aliphatic imine (C=N–C) groups is 1. The van der Waals surface area contributed by atoms with E-state index in [1.807, 2.05) is 24.7 Å². The van der Waals surface area contributed by atoms with Gasteiger partial charge >= 0.3 is 0 Å². The maximum Gasteiger partial charge on any atom is 0.0580 e. The van der Waals surface area contributed by atoms with E-state index >= 15 is 0 Å². The lowest BCUT2D eigenvalue weighted by Gasteiger charge is -2.01. The Balaban J connectivity index is 2.17. The number of rotatable bonds is 1. The van der Waals surface area contributed by atoms with Crippen molar-refractivity contribution in [1.29, 1.82) is 0 Å². The van der Waals surface area contributed by atoms with Gasteiger partial charge in [-0.15, -0.1) is 0 Å². The fourth-order valence-electron chi connectivity index (χ4n) is 1.81. The summed E-state index contributed by atoms with van der Waals surface area (Å²) in [5, 5.41) is 2.40. The van der Waals surface area contributed by atoms with Gasteiger partial charge in [0.1, 0.15) is 0 Å². The van der Waals surface area contributed by atoms with E-state index in [9.17, 15) is 0 Å². The molecule has 0 spiro atoms. The number of fused-ring (bicyclic) bond motifs is 1.